The van der Waals surface area contributed by atoms with Gasteiger partial charge in [-0.05, 0) is 49.5 Å². The minimum atomic E-state index is -0.810. The van der Waals surface area contributed by atoms with Gasteiger partial charge in [-0.25, -0.2) is 8.78 Å². The molecule has 2 aliphatic heterocycles. The van der Waals surface area contributed by atoms with Crippen LogP contribution in [0.3, 0.4) is 0 Å². The van der Waals surface area contributed by atoms with Crippen LogP contribution in [0.4, 0.5) is 8.78 Å². The number of amides is 1. The Balaban J connectivity index is 1.48. The molecule has 0 atom stereocenters. The predicted molar refractivity (Wildman–Crippen MR) is 95.3 cm³/mol. The van der Waals surface area contributed by atoms with Crippen LogP contribution in [0.5, 0.6) is 0 Å². The Morgan fingerprint density at radius 3 is 2.50 bits per heavy atom. The van der Waals surface area contributed by atoms with Crippen molar-refractivity contribution in [2.45, 2.75) is 32.4 Å². The normalized spacial score (nSPS) is 19.7. The van der Waals surface area contributed by atoms with Crippen LogP contribution in [0.2, 0.25) is 0 Å². The van der Waals surface area contributed by atoms with E-state index in [2.05, 4.69) is 22.3 Å². The highest BCUT2D eigenvalue weighted by Crippen LogP contribution is 2.38. The highest BCUT2D eigenvalue weighted by Gasteiger charge is 2.42. The van der Waals surface area contributed by atoms with E-state index in [-0.39, 0.29) is 5.91 Å². The zero-order valence-electron chi connectivity index (χ0n) is 14.6. The van der Waals surface area contributed by atoms with Crippen molar-refractivity contribution < 1.29 is 13.6 Å². The number of hydrogen-bond donors (Lipinski definition) is 1. The zero-order valence-corrected chi connectivity index (χ0v) is 14.6. The first-order chi connectivity index (χ1) is 12.6. The summed E-state index contributed by atoms with van der Waals surface area (Å²) in [6, 6.07) is 12.5. The fraction of sp³-hybridized carbons (Fsp3) is 0.381. The Morgan fingerprint density at radius 2 is 1.73 bits per heavy atom. The number of benzene rings is 2. The summed E-state index contributed by atoms with van der Waals surface area (Å²) in [4.78, 5) is 14.9. The van der Waals surface area contributed by atoms with Crippen molar-refractivity contribution in [2.24, 2.45) is 5.41 Å². The Hall–Kier alpha value is -2.27. The summed E-state index contributed by atoms with van der Waals surface area (Å²) in [5.41, 5.74) is 2.39. The molecule has 5 heteroatoms. The van der Waals surface area contributed by atoms with Gasteiger partial charge in [0.2, 0.25) is 5.91 Å². The van der Waals surface area contributed by atoms with E-state index in [0.717, 1.165) is 25.3 Å². The molecule has 0 unspecified atom stereocenters. The van der Waals surface area contributed by atoms with Gasteiger partial charge >= 0.3 is 0 Å². The molecule has 0 aliphatic carbocycles. The number of rotatable bonds is 2. The molecule has 0 radical (unpaired) electrons. The lowest BCUT2D eigenvalue weighted by Gasteiger charge is -2.40. The third-order valence-electron chi connectivity index (χ3n) is 5.81. The van der Waals surface area contributed by atoms with E-state index in [1.165, 1.54) is 17.2 Å². The average molecular weight is 356 g/mol. The summed E-state index contributed by atoms with van der Waals surface area (Å²) in [7, 11) is 0. The molecule has 2 aromatic rings. The molecule has 0 saturated carbocycles. The monoisotopic (exact) mass is 356 g/mol. The van der Waals surface area contributed by atoms with Gasteiger partial charge in [0, 0.05) is 18.7 Å². The van der Waals surface area contributed by atoms with Crippen LogP contribution >= 0.6 is 0 Å². The fourth-order valence-corrected chi connectivity index (χ4v) is 4.16. The van der Waals surface area contributed by atoms with Gasteiger partial charge < -0.3 is 5.32 Å². The van der Waals surface area contributed by atoms with Gasteiger partial charge in [0.1, 0.15) is 0 Å². The third kappa shape index (κ3) is 3.12. The van der Waals surface area contributed by atoms with E-state index in [4.69, 9.17) is 0 Å². The van der Waals surface area contributed by atoms with Gasteiger partial charge in [-0.2, -0.15) is 0 Å². The van der Waals surface area contributed by atoms with Gasteiger partial charge in [-0.3, -0.25) is 9.69 Å². The Labute approximate surface area is 152 Å². The second kappa shape index (κ2) is 6.80. The maximum Gasteiger partial charge on any atom is 0.226 e. The first kappa shape index (κ1) is 17.2. The summed E-state index contributed by atoms with van der Waals surface area (Å²) in [6.45, 7) is 2.35. The summed E-state index contributed by atoms with van der Waals surface area (Å²) >= 11 is 0. The SMILES string of the molecule is O=C1NCc2ccccc2CC12CCN(Cc1cccc(F)c1F)CC2. The van der Waals surface area contributed by atoms with Crippen LogP contribution in [0.15, 0.2) is 42.5 Å². The van der Waals surface area contributed by atoms with Gasteiger partial charge in [0.15, 0.2) is 11.6 Å². The lowest BCUT2D eigenvalue weighted by Crippen LogP contribution is -2.48. The van der Waals surface area contributed by atoms with Crippen molar-refractivity contribution in [1.29, 1.82) is 0 Å². The van der Waals surface area contributed by atoms with E-state index in [9.17, 15) is 13.6 Å². The number of carbonyl (C=O) groups is 1. The second-order valence-electron chi connectivity index (χ2n) is 7.40. The standard InChI is InChI=1S/C21H22F2N2O/c22-18-7-3-6-17(19(18)23)14-25-10-8-21(9-11-25)12-15-4-1-2-5-16(15)13-24-20(21)26/h1-7H,8-14H2,(H,24,26). The maximum absolute atomic E-state index is 13.9. The molecule has 1 spiro atoms. The van der Waals surface area contributed by atoms with Gasteiger partial charge in [-0.1, -0.05) is 36.4 Å². The molecule has 3 nitrogen and oxygen atoms in total. The molecule has 136 valence electrons. The highest BCUT2D eigenvalue weighted by atomic mass is 19.2. The predicted octanol–water partition coefficient (Wildman–Crippen LogP) is 3.42. The second-order valence-corrected chi connectivity index (χ2v) is 7.40. The lowest BCUT2D eigenvalue weighted by molar-refractivity contribution is -0.133. The van der Waals surface area contributed by atoms with Crippen molar-refractivity contribution in [2.75, 3.05) is 13.1 Å². The molecular formula is C21H22F2N2O. The van der Waals surface area contributed by atoms with Crippen molar-refractivity contribution in [3.63, 3.8) is 0 Å². The molecule has 4 rings (SSSR count). The lowest BCUT2D eigenvalue weighted by atomic mass is 9.73. The number of nitrogens with one attached hydrogen (secondary N) is 1. The quantitative estimate of drug-likeness (QED) is 0.894. The van der Waals surface area contributed by atoms with Crippen molar-refractivity contribution in [3.8, 4) is 0 Å². The maximum atomic E-state index is 13.9. The van der Waals surface area contributed by atoms with Gasteiger partial charge in [0.05, 0.1) is 5.41 Å². The Morgan fingerprint density at radius 1 is 1.00 bits per heavy atom. The summed E-state index contributed by atoms with van der Waals surface area (Å²) in [6.07, 6.45) is 2.20. The van der Waals surface area contributed by atoms with E-state index in [0.29, 0.717) is 31.7 Å². The number of carbonyl (C=O) groups excluding carboxylic acids is 1. The minimum Gasteiger partial charge on any atom is -0.352 e. The van der Waals surface area contributed by atoms with Crippen LogP contribution in [-0.4, -0.2) is 23.9 Å². The topological polar surface area (TPSA) is 32.3 Å². The number of fused-ring (bicyclic) bond motifs is 1. The molecule has 2 aliphatic rings. The summed E-state index contributed by atoms with van der Waals surface area (Å²) in [5, 5.41) is 3.08. The van der Waals surface area contributed by atoms with Crippen LogP contribution in [-0.2, 0) is 24.3 Å². The molecule has 1 fully saturated rings. The molecule has 1 amide bonds. The van der Waals surface area contributed by atoms with E-state index >= 15 is 0 Å². The number of hydrogen-bond acceptors (Lipinski definition) is 2. The Bertz CT molecular complexity index is 829. The zero-order chi connectivity index (χ0) is 18.1. The van der Waals surface area contributed by atoms with Crippen molar-refractivity contribution in [1.82, 2.24) is 10.2 Å². The molecule has 1 N–H and O–H groups in total. The largest absolute Gasteiger partial charge is 0.352 e. The van der Waals surface area contributed by atoms with E-state index in [1.807, 2.05) is 12.1 Å². The first-order valence-corrected chi connectivity index (χ1v) is 9.08. The van der Waals surface area contributed by atoms with Crippen molar-refractivity contribution >= 4 is 5.91 Å². The molecule has 0 bridgehead atoms. The van der Waals surface area contributed by atoms with Crippen molar-refractivity contribution in [3.05, 3.63) is 70.8 Å². The summed E-state index contributed by atoms with van der Waals surface area (Å²) < 4.78 is 27.3. The fourth-order valence-electron chi connectivity index (χ4n) is 4.16. The van der Waals surface area contributed by atoms with E-state index < -0.39 is 17.0 Å². The number of halogens is 2. The molecule has 2 aromatic carbocycles. The number of likely N-dealkylation sites (tertiary alicyclic amines) is 1. The van der Waals surface area contributed by atoms with Crippen LogP contribution < -0.4 is 5.32 Å². The number of piperidine rings is 1. The summed E-state index contributed by atoms with van der Waals surface area (Å²) in [5.74, 6) is -1.46. The average Bonchev–Trinajstić information content (AvgIpc) is 2.78. The van der Waals surface area contributed by atoms with E-state index in [1.54, 1.807) is 6.07 Å². The van der Waals surface area contributed by atoms with Crippen LogP contribution in [0.1, 0.15) is 29.5 Å². The molecule has 0 aromatic heterocycles. The smallest absolute Gasteiger partial charge is 0.226 e. The van der Waals surface area contributed by atoms with Gasteiger partial charge in [-0.15, -0.1) is 0 Å². The molecular weight excluding hydrogens is 334 g/mol. The molecule has 2 heterocycles. The molecule has 1 saturated heterocycles. The minimum absolute atomic E-state index is 0.116. The first-order valence-electron chi connectivity index (χ1n) is 9.08. The number of nitrogens with zero attached hydrogens (tertiary/aromatic N) is 1. The highest BCUT2D eigenvalue weighted by molar-refractivity contribution is 5.83. The Kier molecular flexibility index (Phi) is 4.49. The third-order valence-corrected chi connectivity index (χ3v) is 5.81. The van der Waals surface area contributed by atoms with Crippen LogP contribution in [0, 0.1) is 17.0 Å². The van der Waals surface area contributed by atoms with Gasteiger partial charge in [0.25, 0.3) is 0 Å². The molecule has 26 heavy (non-hydrogen) atoms. The van der Waals surface area contributed by atoms with Crippen LogP contribution in [0.25, 0.3) is 0 Å².